The summed E-state index contributed by atoms with van der Waals surface area (Å²) in [5, 5.41) is 8.95. The second kappa shape index (κ2) is 5.87. The van der Waals surface area contributed by atoms with Gasteiger partial charge in [-0.05, 0) is 48.0 Å². The van der Waals surface area contributed by atoms with Gasteiger partial charge in [-0.15, -0.1) is 6.58 Å². The van der Waals surface area contributed by atoms with Crippen molar-refractivity contribution in [1.82, 2.24) is 0 Å². The van der Waals surface area contributed by atoms with Crippen molar-refractivity contribution in [3.05, 3.63) is 40.9 Å². The van der Waals surface area contributed by atoms with Crippen molar-refractivity contribution in [3.63, 3.8) is 0 Å². The average Bonchev–Trinajstić information content (AvgIpc) is 2.24. The molecule has 0 atom stereocenters. The number of benzene rings is 1. The number of hydrogen-bond acceptors (Lipinski definition) is 2. The molecular formula is C13H16BrNO2. The number of carboxylic acids is 1. The van der Waals surface area contributed by atoms with Crippen LogP contribution in [0.1, 0.15) is 24.2 Å². The third-order valence-corrected chi connectivity index (χ3v) is 3.12. The lowest BCUT2D eigenvalue weighted by molar-refractivity contribution is 0.0696. The Hall–Kier alpha value is -1.29. The summed E-state index contributed by atoms with van der Waals surface area (Å²) >= 11 is 3.28. The molecule has 1 rings (SSSR count). The molecule has 0 amide bonds. The molecule has 92 valence electrons. The van der Waals surface area contributed by atoms with Gasteiger partial charge in [0, 0.05) is 22.7 Å². The van der Waals surface area contributed by atoms with E-state index in [2.05, 4.69) is 41.3 Å². The highest BCUT2D eigenvalue weighted by Gasteiger charge is 2.13. The van der Waals surface area contributed by atoms with E-state index in [0.717, 1.165) is 12.2 Å². The molecule has 0 saturated carbocycles. The van der Waals surface area contributed by atoms with E-state index in [1.165, 1.54) is 0 Å². The second-order valence-corrected chi connectivity index (χ2v) is 4.86. The minimum absolute atomic E-state index is 0.274. The van der Waals surface area contributed by atoms with Crippen LogP contribution in [0.15, 0.2) is 35.3 Å². The van der Waals surface area contributed by atoms with Crippen molar-refractivity contribution in [1.29, 1.82) is 0 Å². The van der Waals surface area contributed by atoms with Crippen molar-refractivity contribution >= 4 is 27.6 Å². The van der Waals surface area contributed by atoms with E-state index < -0.39 is 5.97 Å². The van der Waals surface area contributed by atoms with Gasteiger partial charge in [0.15, 0.2) is 0 Å². The molecule has 0 aromatic heterocycles. The van der Waals surface area contributed by atoms with Crippen molar-refractivity contribution in [3.8, 4) is 0 Å². The molecule has 1 N–H and O–H groups in total. The summed E-state index contributed by atoms with van der Waals surface area (Å²) in [6, 6.07) is 5.58. The number of nitrogens with zero attached hydrogens (tertiary/aromatic N) is 1. The molecule has 3 nitrogen and oxygen atoms in total. The molecule has 0 spiro atoms. The predicted molar refractivity (Wildman–Crippen MR) is 73.8 cm³/mol. The summed E-state index contributed by atoms with van der Waals surface area (Å²) in [4.78, 5) is 13.0. The molecular weight excluding hydrogens is 282 g/mol. The van der Waals surface area contributed by atoms with Crippen molar-refractivity contribution in [2.45, 2.75) is 19.9 Å². The lowest BCUT2D eigenvalue weighted by atomic mass is 10.1. The molecule has 1 aromatic carbocycles. The van der Waals surface area contributed by atoms with Crippen LogP contribution in [0.3, 0.4) is 0 Å². The summed E-state index contributed by atoms with van der Waals surface area (Å²) in [6.07, 6.45) is 1.83. The smallest absolute Gasteiger partial charge is 0.336 e. The van der Waals surface area contributed by atoms with Crippen LogP contribution in [0, 0.1) is 0 Å². The van der Waals surface area contributed by atoms with Gasteiger partial charge in [0.05, 0.1) is 5.56 Å². The van der Waals surface area contributed by atoms with Crippen LogP contribution in [0.25, 0.3) is 0 Å². The molecule has 0 heterocycles. The van der Waals surface area contributed by atoms with E-state index >= 15 is 0 Å². The molecule has 0 aliphatic carbocycles. The van der Waals surface area contributed by atoms with E-state index in [-0.39, 0.29) is 5.56 Å². The Morgan fingerprint density at radius 3 is 2.65 bits per heavy atom. The van der Waals surface area contributed by atoms with Gasteiger partial charge in [-0.2, -0.15) is 0 Å². The Morgan fingerprint density at radius 1 is 1.59 bits per heavy atom. The fourth-order valence-electron chi connectivity index (χ4n) is 1.61. The molecule has 1 aromatic rings. The molecule has 17 heavy (non-hydrogen) atoms. The van der Waals surface area contributed by atoms with E-state index in [1.807, 2.05) is 18.2 Å². The van der Waals surface area contributed by atoms with Crippen molar-refractivity contribution < 1.29 is 9.90 Å². The van der Waals surface area contributed by atoms with Crippen LogP contribution < -0.4 is 4.90 Å². The maximum Gasteiger partial charge on any atom is 0.336 e. The number of rotatable bonds is 5. The maximum absolute atomic E-state index is 10.9. The third-order valence-electron chi connectivity index (χ3n) is 2.46. The molecule has 4 heteroatoms. The van der Waals surface area contributed by atoms with Crippen molar-refractivity contribution in [2.24, 2.45) is 0 Å². The minimum Gasteiger partial charge on any atom is -0.478 e. The van der Waals surface area contributed by atoms with Crippen molar-refractivity contribution in [2.75, 3.05) is 11.4 Å². The predicted octanol–water partition coefficient (Wildman–Crippen LogP) is 3.55. The monoisotopic (exact) mass is 297 g/mol. The summed E-state index contributed by atoms with van der Waals surface area (Å²) in [6.45, 7) is 8.63. The van der Waals surface area contributed by atoms with E-state index in [1.54, 1.807) is 6.07 Å². The quantitative estimate of drug-likeness (QED) is 0.845. The summed E-state index contributed by atoms with van der Waals surface area (Å²) in [7, 11) is 0. The zero-order chi connectivity index (χ0) is 13.0. The van der Waals surface area contributed by atoms with Gasteiger partial charge < -0.3 is 10.0 Å². The summed E-state index contributed by atoms with van der Waals surface area (Å²) < 4.78 is 0.595. The molecule has 0 fully saturated rings. The average molecular weight is 298 g/mol. The fraction of sp³-hybridized carbons (Fsp3) is 0.308. The standard InChI is InChI=1S/C13H16BrNO2/c1-4-7-15(9(2)3)10-5-6-11(13(16)17)12(14)8-10/h4-6,8-9H,1,7H2,2-3H3,(H,16,17). The number of anilines is 1. The lowest BCUT2D eigenvalue weighted by Gasteiger charge is -2.28. The Bertz CT molecular complexity index is 429. The minimum atomic E-state index is -0.928. The van der Waals surface area contributed by atoms with E-state index in [9.17, 15) is 4.79 Å². The zero-order valence-corrected chi connectivity index (χ0v) is 11.6. The molecule has 0 aliphatic heterocycles. The zero-order valence-electron chi connectivity index (χ0n) is 9.98. The Balaban J connectivity index is 3.10. The third kappa shape index (κ3) is 3.33. The van der Waals surface area contributed by atoms with Crippen LogP contribution in [0.5, 0.6) is 0 Å². The number of carboxylic acid groups (broad SMARTS) is 1. The van der Waals surface area contributed by atoms with Crippen LogP contribution in [-0.4, -0.2) is 23.7 Å². The SMILES string of the molecule is C=CCN(c1ccc(C(=O)O)c(Br)c1)C(C)C. The van der Waals surface area contributed by atoms with E-state index in [0.29, 0.717) is 10.5 Å². The van der Waals surface area contributed by atoms with Gasteiger partial charge in [-0.1, -0.05) is 6.08 Å². The highest BCUT2D eigenvalue weighted by Crippen LogP contribution is 2.25. The summed E-state index contributed by atoms with van der Waals surface area (Å²) in [5.41, 5.74) is 1.26. The van der Waals surface area contributed by atoms with Crippen LogP contribution in [0.4, 0.5) is 5.69 Å². The topological polar surface area (TPSA) is 40.5 Å². The Kier molecular flexibility index (Phi) is 4.75. The first-order valence-electron chi connectivity index (χ1n) is 5.37. The number of carbonyl (C=O) groups is 1. The number of halogens is 1. The van der Waals surface area contributed by atoms with Gasteiger partial charge in [-0.25, -0.2) is 4.79 Å². The first kappa shape index (κ1) is 13.8. The highest BCUT2D eigenvalue weighted by molar-refractivity contribution is 9.10. The van der Waals surface area contributed by atoms with Gasteiger partial charge in [-0.3, -0.25) is 0 Å². The number of aromatic carboxylic acids is 1. The normalized spacial score (nSPS) is 10.4. The first-order chi connectivity index (χ1) is 7.97. The number of hydrogen-bond donors (Lipinski definition) is 1. The Labute approximate surface area is 110 Å². The summed E-state index contributed by atoms with van der Waals surface area (Å²) in [5.74, 6) is -0.928. The molecule has 0 radical (unpaired) electrons. The van der Waals surface area contributed by atoms with E-state index in [4.69, 9.17) is 5.11 Å². The van der Waals surface area contributed by atoms with Gasteiger partial charge in [0.25, 0.3) is 0 Å². The van der Waals surface area contributed by atoms with Gasteiger partial charge >= 0.3 is 5.97 Å². The van der Waals surface area contributed by atoms with Crippen LogP contribution in [-0.2, 0) is 0 Å². The molecule has 0 bridgehead atoms. The molecule has 0 aliphatic rings. The van der Waals surface area contributed by atoms with Gasteiger partial charge in [0.2, 0.25) is 0 Å². The second-order valence-electron chi connectivity index (χ2n) is 4.00. The fourth-order valence-corrected chi connectivity index (χ4v) is 2.15. The molecule has 0 saturated heterocycles. The Morgan fingerprint density at radius 2 is 2.24 bits per heavy atom. The van der Waals surface area contributed by atoms with Gasteiger partial charge in [0.1, 0.15) is 0 Å². The van der Waals surface area contributed by atoms with Crippen LogP contribution in [0.2, 0.25) is 0 Å². The van der Waals surface area contributed by atoms with Crippen LogP contribution >= 0.6 is 15.9 Å². The highest BCUT2D eigenvalue weighted by atomic mass is 79.9. The maximum atomic E-state index is 10.9. The molecule has 0 unspecified atom stereocenters. The first-order valence-corrected chi connectivity index (χ1v) is 6.17. The largest absolute Gasteiger partial charge is 0.478 e. The lowest BCUT2D eigenvalue weighted by Crippen LogP contribution is -2.30.